The minimum Gasteiger partial charge on any atom is -0.510 e. The van der Waals surface area contributed by atoms with Crippen LogP contribution in [0.4, 0.5) is 0 Å². The second-order valence-electron chi connectivity index (χ2n) is 6.32. The van der Waals surface area contributed by atoms with Gasteiger partial charge in [0.15, 0.2) is 0 Å². The molecule has 4 aromatic rings. The molecule has 0 aliphatic rings. The van der Waals surface area contributed by atoms with E-state index in [1.54, 1.807) is 19.2 Å². The second kappa shape index (κ2) is 8.92. The van der Waals surface area contributed by atoms with E-state index >= 15 is 0 Å². The molecule has 0 spiro atoms. The van der Waals surface area contributed by atoms with Crippen LogP contribution >= 0.6 is 11.8 Å². The SMILES string of the molecule is COC(=O)/C(=C(\O)CSc1nc(-c2cccc(OC)c2)no1)c1nc2ccccc2[nH]1. The number of hydrogen-bond donors (Lipinski definition) is 2. The van der Waals surface area contributed by atoms with E-state index < -0.39 is 5.97 Å². The van der Waals surface area contributed by atoms with E-state index in [-0.39, 0.29) is 28.1 Å². The van der Waals surface area contributed by atoms with Gasteiger partial charge in [0.25, 0.3) is 5.22 Å². The van der Waals surface area contributed by atoms with Gasteiger partial charge in [0.1, 0.15) is 22.9 Å². The standard InChI is InChI=1S/C21H18N4O5S/c1-28-13-7-5-6-12(10-13)18-24-21(30-25-18)31-11-16(26)17(20(27)29-2)19-22-14-8-3-4-9-15(14)23-19/h3-10,26H,11H2,1-2H3,(H,22,23)/b17-16-. The summed E-state index contributed by atoms with van der Waals surface area (Å²) in [5, 5.41) is 14.8. The van der Waals surface area contributed by atoms with E-state index in [2.05, 4.69) is 20.1 Å². The van der Waals surface area contributed by atoms with Crippen molar-refractivity contribution in [2.45, 2.75) is 5.22 Å². The quantitative estimate of drug-likeness (QED) is 0.192. The molecule has 0 saturated heterocycles. The summed E-state index contributed by atoms with van der Waals surface area (Å²) in [4.78, 5) is 24.0. The lowest BCUT2D eigenvalue weighted by Gasteiger charge is -2.05. The maximum Gasteiger partial charge on any atom is 0.345 e. The molecule has 0 unspecified atom stereocenters. The van der Waals surface area contributed by atoms with Crippen molar-refractivity contribution in [3.8, 4) is 17.1 Å². The van der Waals surface area contributed by atoms with Gasteiger partial charge in [-0.25, -0.2) is 9.78 Å². The van der Waals surface area contributed by atoms with Gasteiger partial charge in [0.2, 0.25) is 5.82 Å². The maximum absolute atomic E-state index is 12.3. The zero-order valence-corrected chi connectivity index (χ0v) is 17.5. The van der Waals surface area contributed by atoms with E-state index in [9.17, 15) is 9.90 Å². The van der Waals surface area contributed by atoms with Gasteiger partial charge in [0, 0.05) is 5.56 Å². The summed E-state index contributed by atoms with van der Waals surface area (Å²) in [5.41, 5.74) is 2.07. The number of H-pyrrole nitrogens is 1. The molecule has 0 amide bonds. The molecule has 0 aliphatic carbocycles. The Balaban J connectivity index is 1.56. The average Bonchev–Trinajstić information content (AvgIpc) is 3.44. The van der Waals surface area contributed by atoms with Crippen LogP contribution in [-0.4, -0.2) is 51.2 Å². The summed E-state index contributed by atoms with van der Waals surface area (Å²) in [6.07, 6.45) is 0. The Labute approximate surface area is 181 Å². The number of rotatable bonds is 7. The number of para-hydroxylation sites is 2. The van der Waals surface area contributed by atoms with Crippen LogP contribution in [0.5, 0.6) is 5.75 Å². The monoisotopic (exact) mass is 438 g/mol. The van der Waals surface area contributed by atoms with Crippen LogP contribution in [0.3, 0.4) is 0 Å². The van der Waals surface area contributed by atoms with Gasteiger partial charge in [-0.2, -0.15) is 4.98 Å². The molecular weight excluding hydrogens is 420 g/mol. The summed E-state index contributed by atoms with van der Waals surface area (Å²) in [6, 6.07) is 14.6. The summed E-state index contributed by atoms with van der Waals surface area (Å²) in [7, 11) is 2.82. The molecule has 2 heterocycles. The molecule has 158 valence electrons. The third kappa shape index (κ3) is 4.38. The molecule has 4 rings (SSSR count). The third-order valence-electron chi connectivity index (χ3n) is 4.37. The first kappa shape index (κ1) is 20.5. The van der Waals surface area contributed by atoms with Crippen molar-refractivity contribution >= 4 is 34.3 Å². The molecule has 0 aliphatic heterocycles. The van der Waals surface area contributed by atoms with Crippen molar-refractivity contribution in [3.63, 3.8) is 0 Å². The molecule has 0 atom stereocenters. The number of methoxy groups -OCH3 is 2. The molecule has 10 heteroatoms. The highest BCUT2D eigenvalue weighted by Gasteiger charge is 2.23. The van der Waals surface area contributed by atoms with Gasteiger partial charge in [0.05, 0.1) is 31.0 Å². The predicted octanol–water partition coefficient (Wildman–Crippen LogP) is 3.86. The Bertz CT molecular complexity index is 1230. The second-order valence-corrected chi connectivity index (χ2v) is 7.25. The smallest absolute Gasteiger partial charge is 0.345 e. The molecule has 2 N–H and O–H groups in total. The number of imidazole rings is 1. The number of nitrogens with zero attached hydrogens (tertiary/aromatic N) is 3. The molecule has 2 aromatic carbocycles. The highest BCUT2D eigenvalue weighted by atomic mass is 32.2. The highest BCUT2D eigenvalue weighted by molar-refractivity contribution is 7.99. The Morgan fingerprint density at radius 3 is 2.77 bits per heavy atom. The first-order chi connectivity index (χ1) is 15.1. The van der Waals surface area contributed by atoms with Crippen LogP contribution in [0.15, 0.2) is 64.0 Å². The van der Waals surface area contributed by atoms with Crippen LogP contribution in [0.1, 0.15) is 5.82 Å². The summed E-state index contributed by atoms with van der Waals surface area (Å²) in [5.74, 6) is 0.341. The Hall–Kier alpha value is -3.79. The fourth-order valence-corrected chi connectivity index (χ4v) is 3.52. The van der Waals surface area contributed by atoms with E-state index in [4.69, 9.17) is 14.0 Å². The number of ether oxygens (including phenoxy) is 2. The van der Waals surface area contributed by atoms with Crippen LogP contribution in [0, 0.1) is 0 Å². The number of aromatic amines is 1. The number of carbonyl (C=O) groups is 1. The number of nitrogens with one attached hydrogen (secondary N) is 1. The average molecular weight is 438 g/mol. The molecule has 31 heavy (non-hydrogen) atoms. The molecule has 2 aromatic heterocycles. The highest BCUT2D eigenvalue weighted by Crippen LogP contribution is 2.27. The zero-order valence-electron chi connectivity index (χ0n) is 16.7. The number of aliphatic hydroxyl groups excluding tert-OH is 1. The maximum atomic E-state index is 12.3. The van der Waals surface area contributed by atoms with Crippen LogP contribution < -0.4 is 4.74 Å². The number of aromatic nitrogens is 4. The lowest BCUT2D eigenvalue weighted by atomic mass is 10.2. The van der Waals surface area contributed by atoms with Gasteiger partial charge < -0.3 is 24.1 Å². The number of esters is 1. The Kier molecular flexibility index (Phi) is 5.89. The fraction of sp³-hybridized carbons (Fsp3) is 0.143. The van der Waals surface area contributed by atoms with Gasteiger partial charge >= 0.3 is 5.97 Å². The lowest BCUT2D eigenvalue weighted by molar-refractivity contribution is -0.133. The number of fused-ring (bicyclic) bond motifs is 1. The largest absolute Gasteiger partial charge is 0.510 e. The van der Waals surface area contributed by atoms with Gasteiger partial charge in [-0.05, 0) is 24.3 Å². The van der Waals surface area contributed by atoms with E-state index in [1.807, 2.05) is 36.4 Å². The minimum absolute atomic E-state index is 0.00121. The van der Waals surface area contributed by atoms with Crippen LogP contribution in [0.2, 0.25) is 0 Å². The van der Waals surface area contributed by atoms with Crippen molar-refractivity contribution in [2.24, 2.45) is 0 Å². The van der Waals surface area contributed by atoms with Crippen molar-refractivity contribution in [2.75, 3.05) is 20.0 Å². The minimum atomic E-state index is -0.709. The molecule has 0 radical (unpaired) electrons. The molecule has 0 fully saturated rings. The first-order valence-electron chi connectivity index (χ1n) is 9.15. The molecule has 0 saturated carbocycles. The van der Waals surface area contributed by atoms with Crippen molar-refractivity contribution < 1.29 is 23.9 Å². The topological polar surface area (TPSA) is 123 Å². The fourth-order valence-electron chi connectivity index (χ4n) is 2.87. The molecule has 9 nitrogen and oxygen atoms in total. The number of benzene rings is 2. The van der Waals surface area contributed by atoms with Gasteiger partial charge in [-0.15, -0.1) is 0 Å². The predicted molar refractivity (Wildman–Crippen MR) is 115 cm³/mol. The number of aliphatic hydroxyl groups is 1. The molecule has 0 bridgehead atoms. The van der Waals surface area contributed by atoms with E-state index in [1.165, 1.54) is 7.11 Å². The van der Waals surface area contributed by atoms with Crippen LogP contribution in [-0.2, 0) is 9.53 Å². The summed E-state index contributed by atoms with van der Waals surface area (Å²) in [6.45, 7) is 0. The normalized spacial score (nSPS) is 11.9. The first-order valence-corrected chi connectivity index (χ1v) is 10.1. The third-order valence-corrected chi connectivity index (χ3v) is 5.20. The van der Waals surface area contributed by atoms with Crippen molar-refractivity contribution in [3.05, 3.63) is 60.1 Å². The Morgan fingerprint density at radius 1 is 1.16 bits per heavy atom. The summed E-state index contributed by atoms with van der Waals surface area (Å²) < 4.78 is 15.3. The van der Waals surface area contributed by atoms with Gasteiger partial charge in [-0.1, -0.05) is 41.2 Å². The van der Waals surface area contributed by atoms with E-state index in [0.717, 1.165) is 22.8 Å². The van der Waals surface area contributed by atoms with Gasteiger partial charge in [-0.3, -0.25) is 0 Å². The van der Waals surface area contributed by atoms with Crippen molar-refractivity contribution in [1.29, 1.82) is 0 Å². The van der Waals surface area contributed by atoms with E-state index in [0.29, 0.717) is 17.1 Å². The zero-order chi connectivity index (χ0) is 21.8. The number of hydrogen-bond acceptors (Lipinski definition) is 9. The van der Waals surface area contributed by atoms with Crippen LogP contribution in [0.25, 0.3) is 28.0 Å². The summed E-state index contributed by atoms with van der Waals surface area (Å²) >= 11 is 1.08. The molecular formula is C21H18N4O5S. The number of carbonyl (C=O) groups excluding carboxylic acids is 1. The number of thioether (sulfide) groups is 1. The Morgan fingerprint density at radius 2 is 2.00 bits per heavy atom. The lowest BCUT2D eigenvalue weighted by Crippen LogP contribution is -2.09. The van der Waals surface area contributed by atoms with Crippen molar-refractivity contribution in [1.82, 2.24) is 20.1 Å².